The highest BCUT2D eigenvalue weighted by molar-refractivity contribution is 8.13. The molecule has 0 aliphatic carbocycles. The second kappa shape index (κ2) is 5.57. The van der Waals surface area contributed by atoms with Crippen LogP contribution in [0.4, 0.5) is 4.79 Å². The largest absolute Gasteiger partial charge is 0.292 e. The van der Waals surface area contributed by atoms with Crippen molar-refractivity contribution in [3.63, 3.8) is 0 Å². The number of carbonyl (C=O) groups is 3. The zero-order valence-electron chi connectivity index (χ0n) is 10.9. The van der Waals surface area contributed by atoms with Crippen LogP contribution in [0.2, 0.25) is 0 Å². The molecule has 0 radical (unpaired) electrons. The van der Waals surface area contributed by atoms with Gasteiger partial charge in [-0.3, -0.25) is 19.3 Å². The standard InChI is InChI=1S/C14H15NO3S/c1-9-3-4-10(2)11(7-9)12(16)8-15-13(17)5-6-19-14(15)18/h3-4,7H,5-6,8H2,1-2H3. The first-order valence-electron chi connectivity index (χ1n) is 6.06. The van der Waals surface area contributed by atoms with E-state index >= 15 is 0 Å². The summed E-state index contributed by atoms with van der Waals surface area (Å²) >= 11 is 1.09. The van der Waals surface area contributed by atoms with Gasteiger partial charge < -0.3 is 0 Å². The first-order valence-corrected chi connectivity index (χ1v) is 7.05. The molecule has 4 nitrogen and oxygen atoms in total. The molecule has 0 saturated carbocycles. The van der Waals surface area contributed by atoms with Crippen LogP contribution in [0.5, 0.6) is 0 Å². The molecular formula is C14H15NO3S. The van der Waals surface area contributed by atoms with Gasteiger partial charge in [0.15, 0.2) is 5.78 Å². The number of thioether (sulfide) groups is 1. The molecular weight excluding hydrogens is 262 g/mol. The predicted octanol–water partition coefficient (Wildman–Crippen LogP) is 2.57. The monoisotopic (exact) mass is 277 g/mol. The summed E-state index contributed by atoms with van der Waals surface area (Å²) in [5.41, 5.74) is 2.43. The highest BCUT2D eigenvalue weighted by Gasteiger charge is 2.29. The van der Waals surface area contributed by atoms with Gasteiger partial charge in [0.2, 0.25) is 5.91 Å². The van der Waals surface area contributed by atoms with Crippen LogP contribution in [-0.4, -0.2) is 34.1 Å². The summed E-state index contributed by atoms with van der Waals surface area (Å²) in [4.78, 5) is 36.6. The van der Waals surface area contributed by atoms with Crippen LogP contribution < -0.4 is 0 Å². The molecule has 0 N–H and O–H groups in total. The van der Waals surface area contributed by atoms with Gasteiger partial charge in [-0.15, -0.1) is 0 Å². The number of benzene rings is 1. The van der Waals surface area contributed by atoms with Gasteiger partial charge in [-0.25, -0.2) is 0 Å². The Morgan fingerprint density at radius 1 is 1.32 bits per heavy atom. The van der Waals surface area contributed by atoms with E-state index in [2.05, 4.69) is 0 Å². The van der Waals surface area contributed by atoms with E-state index < -0.39 is 0 Å². The second-order valence-electron chi connectivity index (χ2n) is 4.59. The normalized spacial score (nSPS) is 15.8. The number of hydrogen-bond donors (Lipinski definition) is 0. The van der Waals surface area contributed by atoms with Crippen LogP contribution >= 0.6 is 11.8 Å². The Morgan fingerprint density at radius 3 is 2.74 bits per heavy atom. The Hall–Kier alpha value is -1.62. The number of aryl methyl sites for hydroxylation is 2. The highest BCUT2D eigenvalue weighted by Crippen LogP contribution is 2.19. The average molecular weight is 277 g/mol. The van der Waals surface area contributed by atoms with Crippen molar-refractivity contribution in [1.82, 2.24) is 4.90 Å². The molecule has 0 unspecified atom stereocenters. The fourth-order valence-electron chi connectivity index (χ4n) is 1.96. The summed E-state index contributed by atoms with van der Waals surface area (Å²) in [5.74, 6) is 0.0547. The van der Waals surface area contributed by atoms with Crippen molar-refractivity contribution in [2.45, 2.75) is 20.3 Å². The fourth-order valence-corrected chi connectivity index (χ4v) is 2.73. The summed E-state index contributed by atoms with van der Waals surface area (Å²) in [5, 5.41) is -0.324. The zero-order chi connectivity index (χ0) is 14.0. The van der Waals surface area contributed by atoms with Crippen LogP contribution in [-0.2, 0) is 4.79 Å². The molecule has 1 saturated heterocycles. The minimum Gasteiger partial charge on any atom is -0.292 e. The maximum Gasteiger partial charge on any atom is 0.288 e. The van der Waals surface area contributed by atoms with Crippen molar-refractivity contribution in [3.05, 3.63) is 34.9 Å². The molecule has 0 bridgehead atoms. The zero-order valence-corrected chi connectivity index (χ0v) is 11.8. The highest BCUT2D eigenvalue weighted by atomic mass is 32.2. The van der Waals surface area contributed by atoms with Crippen molar-refractivity contribution >= 4 is 28.7 Å². The van der Waals surface area contributed by atoms with Crippen LogP contribution in [0.3, 0.4) is 0 Å². The maximum atomic E-state index is 12.2. The van der Waals surface area contributed by atoms with Gasteiger partial charge in [0, 0.05) is 17.7 Å². The van der Waals surface area contributed by atoms with Crippen LogP contribution in [0.1, 0.15) is 27.9 Å². The molecule has 100 valence electrons. The SMILES string of the molecule is Cc1ccc(C)c(C(=O)CN2C(=O)CCSC2=O)c1. The Morgan fingerprint density at radius 2 is 2.05 bits per heavy atom. The van der Waals surface area contributed by atoms with Gasteiger partial charge in [0.25, 0.3) is 5.24 Å². The van der Waals surface area contributed by atoms with E-state index in [9.17, 15) is 14.4 Å². The van der Waals surface area contributed by atoms with Gasteiger partial charge in [-0.05, 0) is 25.5 Å². The average Bonchev–Trinajstić information content (AvgIpc) is 2.37. The van der Waals surface area contributed by atoms with E-state index in [-0.39, 0.29) is 23.5 Å². The van der Waals surface area contributed by atoms with E-state index in [1.54, 1.807) is 6.07 Å². The molecule has 0 spiro atoms. The quantitative estimate of drug-likeness (QED) is 0.797. The molecule has 5 heteroatoms. The Balaban J connectivity index is 2.18. The van der Waals surface area contributed by atoms with Crippen molar-refractivity contribution in [3.8, 4) is 0 Å². The molecule has 1 aromatic rings. The van der Waals surface area contributed by atoms with E-state index in [0.717, 1.165) is 27.8 Å². The molecule has 0 aromatic heterocycles. The van der Waals surface area contributed by atoms with Gasteiger partial charge in [0.05, 0.1) is 6.54 Å². The van der Waals surface area contributed by atoms with Gasteiger partial charge in [-0.1, -0.05) is 29.5 Å². The van der Waals surface area contributed by atoms with Crippen LogP contribution in [0.25, 0.3) is 0 Å². The lowest BCUT2D eigenvalue weighted by atomic mass is 10.0. The second-order valence-corrected chi connectivity index (χ2v) is 5.63. The molecule has 1 aliphatic heterocycles. The van der Waals surface area contributed by atoms with Gasteiger partial charge >= 0.3 is 0 Å². The molecule has 1 fully saturated rings. The molecule has 1 aromatic carbocycles. The lowest BCUT2D eigenvalue weighted by Crippen LogP contribution is -2.41. The minimum atomic E-state index is -0.324. The first-order chi connectivity index (χ1) is 8.99. The molecule has 1 heterocycles. The topological polar surface area (TPSA) is 54.5 Å². The summed E-state index contributed by atoms with van der Waals surface area (Å²) < 4.78 is 0. The Labute approximate surface area is 116 Å². The molecule has 2 rings (SSSR count). The van der Waals surface area contributed by atoms with Crippen LogP contribution in [0.15, 0.2) is 18.2 Å². The third kappa shape index (κ3) is 3.04. The summed E-state index contributed by atoms with van der Waals surface area (Å²) in [6.07, 6.45) is 0.316. The number of nitrogens with zero attached hydrogens (tertiary/aromatic N) is 1. The molecule has 2 amide bonds. The third-order valence-electron chi connectivity index (χ3n) is 3.06. The van der Waals surface area contributed by atoms with Gasteiger partial charge in [0.1, 0.15) is 0 Å². The number of carbonyl (C=O) groups excluding carboxylic acids is 3. The predicted molar refractivity (Wildman–Crippen MR) is 74.4 cm³/mol. The van der Waals surface area contributed by atoms with Crippen molar-refractivity contribution in [2.24, 2.45) is 0 Å². The number of ketones is 1. The minimum absolute atomic E-state index is 0.158. The van der Waals surface area contributed by atoms with Gasteiger partial charge in [-0.2, -0.15) is 0 Å². The van der Waals surface area contributed by atoms with Crippen molar-refractivity contribution < 1.29 is 14.4 Å². The molecule has 1 aliphatic rings. The lowest BCUT2D eigenvalue weighted by molar-refractivity contribution is -0.127. The van der Waals surface area contributed by atoms with Crippen molar-refractivity contribution in [1.29, 1.82) is 0 Å². The Bertz CT molecular complexity index is 538. The van der Waals surface area contributed by atoms with Crippen molar-refractivity contribution in [2.75, 3.05) is 12.3 Å². The molecule has 19 heavy (non-hydrogen) atoms. The van der Waals surface area contributed by atoms with E-state index in [4.69, 9.17) is 0 Å². The summed E-state index contributed by atoms with van der Waals surface area (Å²) in [6.45, 7) is 3.60. The number of amides is 2. The molecule has 0 atom stereocenters. The summed E-state index contributed by atoms with van der Waals surface area (Å²) in [7, 11) is 0. The Kier molecular flexibility index (Phi) is 4.04. The van der Waals surface area contributed by atoms with E-state index in [0.29, 0.717) is 17.7 Å². The number of imide groups is 1. The lowest BCUT2D eigenvalue weighted by Gasteiger charge is -2.23. The van der Waals surface area contributed by atoms with E-state index in [1.807, 2.05) is 26.0 Å². The number of Topliss-reactive ketones (excluding diaryl/α,β-unsaturated/α-hetero) is 1. The number of rotatable bonds is 3. The smallest absolute Gasteiger partial charge is 0.288 e. The maximum absolute atomic E-state index is 12.2. The number of hydrogen-bond acceptors (Lipinski definition) is 4. The van der Waals surface area contributed by atoms with E-state index in [1.165, 1.54) is 0 Å². The summed E-state index contributed by atoms with van der Waals surface area (Å²) in [6, 6.07) is 5.60. The fraction of sp³-hybridized carbons (Fsp3) is 0.357. The third-order valence-corrected chi connectivity index (χ3v) is 3.93. The van der Waals surface area contributed by atoms with Crippen LogP contribution in [0, 0.1) is 13.8 Å². The first kappa shape index (κ1) is 13.8.